The Bertz CT molecular complexity index is 1270. The molecule has 3 aromatic carbocycles. The molecule has 1 atom stereocenters. The molecule has 30 heavy (non-hydrogen) atoms. The van der Waals surface area contributed by atoms with E-state index in [-0.39, 0.29) is 10.7 Å². The predicted octanol–water partition coefficient (Wildman–Crippen LogP) is 3.97. The lowest BCUT2D eigenvalue weighted by molar-refractivity contribution is -0.117. The molecule has 0 heterocycles. The predicted molar refractivity (Wildman–Crippen MR) is 118 cm³/mol. The highest BCUT2D eigenvalue weighted by atomic mass is 79.9. The standard InChI is InChI=1S/C22H17BrN2O4S/c1-13(25-30(28,29)16-9-6-14(23)7-10-16)22(27)24-15-8-11-18-17-4-2-3-5-19(17)21(26)20(18)12-15/h2-13,25H,1H3,(H,24,27). The topological polar surface area (TPSA) is 92.3 Å². The lowest BCUT2D eigenvalue weighted by atomic mass is 10.1. The van der Waals surface area contributed by atoms with Crippen molar-refractivity contribution in [1.82, 2.24) is 4.72 Å². The van der Waals surface area contributed by atoms with Crippen LogP contribution in [0.1, 0.15) is 22.8 Å². The van der Waals surface area contributed by atoms with Crippen LogP contribution in [0.15, 0.2) is 76.1 Å². The van der Waals surface area contributed by atoms with E-state index in [0.29, 0.717) is 16.8 Å². The normalized spacial score (nSPS) is 13.5. The fourth-order valence-electron chi connectivity index (χ4n) is 3.32. The zero-order valence-corrected chi connectivity index (χ0v) is 18.2. The maximum Gasteiger partial charge on any atom is 0.242 e. The van der Waals surface area contributed by atoms with Crippen LogP contribution in [0.5, 0.6) is 0 Å². The molecule has 8 heteroatoms. The molecule has 152 valence electrons. The maximum absolute atomic E-state index is 12.6. The fraction of sp³-hybridized carbons (Fsp3) is 0.0909. The van der Waals surface area contributed by atoms with Crippen LogP contribution >= 0.6 is 15.9 Å². The SMILES string of the molecule is CC(NS(=O)(=O)c1ccc(Br)cc1)C(=O)Nc1ccc2c(c1)C(=O)c1ccccc1-2. The number of nitrogens with one attached hydrogen (secondary N) is 2. The third-order valence-corrected chi connectivity index (χ3v) is 6.93. The van der Waals surface area contributed by atoms with E-state index in [9.17, 15) is 18.0 Å². The molecule has 0 aliphatic heterocycles. The van der Waals surface area contributed by atoms with Crippen molar-refractivity contribution in [1.29, 1.82) is 0 Å². The smallest absolute Gasteiger partial charge is 0.242 e. The van der Waals surface area contributed by atoms with Crippen molar-refractivity contribution in [3.63, 3.8) is 0 Å². The number of amides is 1. The monoisotopic (exact) mass is 484 g/mol. The highest BCUT2D eigenvalue weighted by Crippen LogP contribution is 2.37. The number of hydrogen-bond donors (Lipinski definition) is 2. The van der Waals surface area contributed by atoms with Gasteiger partial charge in [-0.25, -0.2) is 8.42 Å². The summed E-state index contributed by atoms with van der Waals surface area (Å²) in [5.74, 6) is -0.626. The summed E-state index contributed by atoms with van der Waals surface area (Å²) in [7, 11) is -3.85. The van der Waals surface area contributed by atoms with E-state index >= 15 is 0 Å². The van der Waals surface area contributed by atoms with Gasteiger partial charge in [0.2, 0.25) is 15.9 Å². The fourth-order valence-corrected chi connectivity index (χ4v) is 4.79. The van der Waals surface area contributed by atoms with Crippen molar-refractivity contribution in [2.45, 2.75) is 17.9 Å². The van der Waals surface area contributed by atoms with Crippen LogP contribution in [-0.4, -0.2) is 26.2 Å². The summed E-state index contributed by atoms with van der Waals surface area (Å²) in [6.45, 7) is 1.46. The molecule has 3 aromatic rings. The number of ketones is 1. The highest BCUT2D eigenvalue weighted by molar-refractivity contribution is 9.10. The number of sulfonamides is 1. The minimum absolute atomic E-state index is 0.0613. The number of anilines is 1. The van der Waals surface area contributed by atoms with Crippen LogP contribution in [0.2, 0.25) is 0 Å². The first-order chi connectivity index (χ1) is 14.3. The molecule has 0 radical (unpaired) electrons. The zero-order valence-electron chi connectivity index (χ0n) is 15.8. The molecular formula is C22H17BrN2O4S. The van der Waals surface area contributed by atoms with E-state index in [4.69, 9.17) is 0 Å². The van der Waals surface area contributed by atoms with Gasteiger partial charge in [-0.3, -0.25) is 9.59 Å². The molecule has 6 nitrogen and oxygen atoms in total. The Kier molecular flexibility index (Phi) is 5.31. The highest BCUT2D eigenvalue weighted by Gasteiger charge is 2.27. The second kappa shape index (κ2) is 7.79. The van der Waals surface area contributed by atoms with Gasteiger partial charge in [0.25, 0.3) is 0 Å². The van der Waals surface area contributed by atoms with Crippen molar-refractivity contribution in [3.8, 4) is 11.1 Å². The van der Waals surface area contributed by atoms with Gasteiger partial charge in [0.15, 0.2) is 5.78 Å². The van der Waals surface area contributed by atoms with E-state index in [1.165, 1.54) is 19.1 Å². The van der Waals surface area contributed by atoms with Gasteiger partial charge in [-0.1, -0.05) is 46.3 Å². The molecule has 1 aliphatic carbocycles. The molecular weight excluding hydrogens is 468 g/mol. The lowest BCUT2D eigenvalue weighted by Crippen LogP contribution is -2.41. The molecule has 0 fully saturated rings. The summed E-state index contributed by atoms with van der Waals surface area (Å²) >= 11 is 3.25. The minimum Gasteiger partial charge on any atom is -0.325 e. The average molecular weight is 485 g/mol. The van der Waals surface area contributed by atoms with E-state index in [1.54, 1.807) is 36.4 Å². The number of benzene rings is 3. The van der Waals surface area contributed by atoms with Crippen LogP contribution < -0.4 is 10.0 Å². The molecule has 0 saturated heterocycles. The van der Waals surface area contributed by atoms with Gasteiger partial charge in [0.1, 0.15) is 0 Å². The lowest BCUT2D eigenvalue weighted by Gasteiger charge is -2.15. The van der Waals surface area contributed by atoms with Crippen LogP contribution in [0.4, 0.5) is 5.69 Å². The minimum atomic E-state index is -3.85. The molecule has 0 spiro atoms. The van der Waals surface area contributed by atoms with Gasteiger partial charge in [-0.05, 0) is 54.4 Å². The van der Waals surface area contributed by atoms with Gasteiger partial charge >= 0.3 is 0 Å². The summed E-state index contributed by atoms with van der Waals surface area (Å²) in [6.07, 6.45) is 0. The Morgan fingerprint density at radius 2 is 1.53 bits per heavy atom. The summed E-state index contributed by atoms with van der Waals surface area (Å²) in [5, 5.41) is 2.68. The first-order valence-electron chi connectivity index (χ1n) is 9.13. The number of carbonyl (C=O) groups is 2. The van der Waals surface area contributed by atoms with Crippen molar-refractivity contribution in [3.05, 3.63) is 82.3 Å². The van der Waals surface area contributed by atoms with Crippen molar-refractivity contribution in [2.75, 3.05) is 5.32 Å². The van der Waals surface area contributed by atoms with Crippen LogP contribution in [0, 0.1) is 0 Å². The van der Waals surface area contributed by atoms with E-state index < -0.39 is 22.0 Å². The quantitative estimate of drug-likeness (QED) is 0.448. The van der Waals surface area contributed by atoms with Gasteiger partial charge in [0, 0.05) is 21.3 Å². The zero-order chi connectivity index (χ0) is 21.5. The molecule has 0 saturated carbocycles. The molecule has 2 N–H and O–H groups in total. The number of fused-ring (bicyclic) bond motifs is 3. The van der Waals surface area contributed by atoms with Crippen molar-refractivity contribution < 1.29 is 18.0 Å². The number of rotatable bonds is 5. The Morgan fingerprint density at radius 3 is 2.23 bits per heavy atom. The average Bonchev–Trinajstić information content (AvgIpc) is 3.00. The van der Waals surface area contributed by atoms with Crippen LogP contribution in [0.25, 0.3) is 11.1 Å². The van der Waals surface area contributed by atoms with Gasteiger partial charge in [-0.2, -0.15) is 4.72 Å². The summed E-state index contributed by atoms with van der Waals surface area (Å²) in [4.78, 5) is 25.2. The van der Waals surface area contributed by atoms with Gasteiger partial charge < -0.3 is 5.32 Å². The number of halogens is 1. The summed E-state index contributed by atoms with van der Waals surface area (Å²) in [6, 6.07) is 17.5. The largest absolute Gasteiger partial charge is 0.325 e. The summed E-state index contributed by atoms with van der Waals surface area (Å²) in [5.41, 5.74) is 3.25. The first-order valence-corrected chi connectivity index (χ1v) is 11.4. The van der Waals surface area contributed by atoms with Gasteiger partial charge in [-0.15, -0.1) is 0 Å². The third-order valence-electron chi connectivity index (χ3n) is 4.84. The third kappa shape index (κ3) is 3.81. The second-order valence-corrected chi connectivity index (χ2v) is 9.55. The second-order valence-electron chi connectivity index (χ2n) is 6.92. The Morgan fingerprint density at radius 1 is 0.900 bits per heavy atom. The van der Waals surface area contributed by atoms with Crippen LogP contribution in [0.3, 0.4) is 0 Å². The molecule has 1 unspecified atom stereocenters. The van der Waals surface area contributed by atoms with E-state index in [0.717, 1.165) is 15.6 Å². The number of carbonyl (C=O) groups excluding carboxylic acids is 2. The van der Waals surface area contributed by atoms with Crippen molar-refractivity contribution >= 4 is 43.3 Å². The molecule has 1 amide bonds. The van der Waals surface area contributed by atoms with E-state index in [1.807, 2.05) is 18.2 Å². The van der Waals surface area contributed by atoms with E-state index in [2.05, 4.69) is 26.0 Å². The Hall–Kier alpha value is -2.81. The molecule has 4 rings (SSSR count). The number of hydrogen-bond acceptors (Lipinski definition) is 4. The summed E-state index contributed by atoms with van der Waals surface area (Å²) < 4.78 is 28.1. The Balaban J connectivity index is 1.49. The van der Waals surface area contributed by atoms with Crippen LogP contribution in [-0.2, 0) is 14.8 Å². The first kappa shape index (κ1) is 20.5. The molecule has 1 aliphatic rings. The maximum atomic E-state index is 12.6. The van der Waals surface area contributed by atoms with Crippen molar-refractivity contribution in [2.24, 2.45) is 0 Å². The molecule has 0 aromatic heterocycles. The molecule has 0 bridgehead atoms. The Labute approximate surface area is 182 Å². The van der Waals surface area contributed by atoms with Gasteiger partial charge in [0.05, 0.1) is 10.9 Å².